The first kappa shape index (κ1) is 40.0. The highest BCUT2D eigenvalue weighted by atomic mass is 16.5. The number of carbonyl (C=O) groups excluding carboxylic acids is 4. The van der Waals surface area contributed by atoms with Gasteiger partial charge in [0.2, 0.25) is 23.6 Å². The molecule has 0 bridgehead atoms. The Hall–Kier alpha value is -2.22. The van der Waals surface area contributed by atoms with Crippen molar-refractivity contribution in [2.45, 2.75) is 165 Å². The van der Waals surface area contributed by atoms with E-state index in [0.717, 1.165) is 69.4 Å². The normalized spacial score (nSPS) is 35.6. The summed E-state index contributed by atoms with van der Waals surface area (Å²) in [6, 6.07) is -2.31. The fourth-order valence-electron chi connectivity index (χ4n) is 11.2. The van der Waals surface area contributed by atoms with Crippen molar-refractivity contribution in [3.8, 4) is 0 Å². The molecule has 4 atom stereocenters. The molecule has 7 rings (SSSR count). The topological polar surface area (TPSA) is 144 Å². The van der Waals surface area contributed by atoms with Crippen LogP contribution in [0.15, 0.2) is 11.1 Å². The summed E-state index contributed by atoms with van der Waals surface area (Å²) in [6.45, 7) is 8.63. The number of nitrogens with one attached hydrogen (secondary N) is 3. The number of hydrogen-bond donors (Lipinski definition) is 4. The van der Waals surface area contributed by atoms with E-state index in [1.54, 1.807) is 0 Å². The molecule has 3 aliphatic carbocycles. The SMILES string of the molecule is CC/C(=C(\C1CCC(O)CC1)C1CCC(OCCCCCN2CCN(C3CNC4C(=O)N(C5CCC(=O)NC5=O)C(=O)C4N3)CC2)CC1)C1CCCCC1. The number of amides is 4. The zero-order valence-electron chi connectivity index (χ0n) is 32.9. The predicted molar refractivity (Wildman–Crippen MR) is 206 cm³/mol. The van der Waals surface area contributed by atoms with E-state index < -0.39 is 24.0 Å². The van der Waals surface area contributed by atoms with Gasteiger partial charge in [0.1, 0.15) is 18.1 Å². The standard InChI is InChI=1S/C42H68N6O6/c1-2-33(28-9-5-3-6-10-28)37(29-11-15-31(49)16-12-29)30-13-17-32(18-14-30)54-26-8-4-7-21-46-22-24-47(25-23-46)35-27-43-38-39(44-35)42(53)48(41(38)52)34-19-20-36(50)45-40(34)51/h28-32,34-35,38-39,43-44,49H,2-27H2,1H3,(H,45,50,51)/b37-33-. The number of unbranched alkanes of at least 4 members (excludes halogenated alkanes) is 2. The Morgan fingerprint density at radius 3 is 2.13 bits per heavy atom. The zero-order chi connectivity index (χ0) is 37.6. The third-order valence-corrected chi connectivity index (χ3v) is 14.2. The van der Waals surface area contributed by atoms with Crippen LogP contribution in [0.5, 0.6) is 0 Å². The van der Waals surface area contributed by atoms with Crippen LogP contribution >= 0.6 is 0 Å². The molecule has 7 fully saturated rings. The second-order valence-electron chi connectivity index (χ2n) is 17.5. The molecule has 7 aliphatic rings. The Balaban J connectivity index is 0.783. The van der Waals surface area contributed by atoms with Gasteiger partial charge >= 0.3 is 0 Å². The molecule has 0 aromatic heterocycles. The number of ether oxygens (including phenoxy) is 1. The number of likely N-dealkylation sites (tertiary alicyclic amines) is 1. The van der Waals surface area contributed by atoms with Crippen molar-refractivity contribution in [3.05, 3.63) is 11.1 Å². The van der Waals surface area contributed by atoms with Gasteiger partial charge in [-0.15, -0.1) is 0 Å². The second-order valence-corrected chi connectivity index (χ2v) is 17.5. The van der Waals surface area contributed by atoms with Gasteiger partial charge in [-0.05, 0) is 121 Å². The lowest BCUT2D eigenvalue weighted by molar-refractivity contribution is -0.151. The van der Waals surface area contributed by atoms with Crippen LogP contribution < -0.4 is 16.0 Å². The lowest BCUT2D eigenvalue weighted by Crippen LogP contribution is -2.68. The largest absolute Gasteiger partial charge is 0.393 e. The highest BCUT2D eigenvalue weighted by Crippen LogP contribution is 2.46. The third kappa shape index (κ3) is 9.31. The smallest absolute Gasteiger partial charge is 0.249 e. The van der Waals surface area contributed by atoms with Crippen molar-refractivity contribution in [2.24, 2.45) is 17.8 Å². The van der Waals surface area contributed by atoms with Crippen molar-refractivity contribution >= 4 is 23.6 Å². The molecule has 302 valence electrons. The second kappa shape index (κ2) is 18.8. The van der Waals surface area contributed by atoms with Gasteiger partial charge in [0.25, 0.3) is 0 Å². The zero-order valence-corrected chi connectivity index (χ0v) is 32.9. The highest BCUT2D eigenvalue weighted by molar-refractivity contribution is 6.13. The molecular weight excluding hydrogens is 684 g/mol. The number of piperazine rings is 2. The summed E-state index contributed by atoms with van der Waals surface area (Å²) in [7, 11) is 0. The highest BCUT2D eigenvalue weighted by Gasteiger charge is 2.54. The van der Waals surface area contributed by atoms with E-state index >= 15 is 0 Å². The van der Waals surface area contributed by atoms with Crippen LogP contribution in [0, 0.1) is 17.8 Å². The Kier molecular flexibility index (Phi) is 13.9. The number of allylic oxidation sites excluding steroid dienone is 2. The fourth-order valence-corrected chi connectivity index (χ4v) is 11.2. The van der Waals surface area contributed by atoms with Gasteiger partial charge in [-0.1, -0.05) is 37.3 Å². The first-order valence-electron chi connectivity index (χ1n) is 22.0. The minimum absolute atomic E-state index is 0.0615. The van der Waals surface area contributed by atoms with E-state index in [1.807, 2.05) is 11.1 Å². The van der Waals surface area contributed by atoms with Crippen LogP contribution in [0.1, 0.15) is 129 Å². The number of rotatable bonds is 13. The number of fused-ring (bicyclic) bond motifs is 1. The van der Waals surface area contributed by atoms with Gasteiger partial charge in [0, 0.05) is 45.8 Å². The van der Waals surface area contributed by atoms with Crippen LogP contribution in [0.2, 0.25) is 0 Å². The summed E-state index contributed by atoms with van der Waals surface area (Å²) < 4.78 is 6.48. The number of aliphatic hydroxyl groups excluding tert-OH is 1. The van der Waals surface area contributed by atoms with Crippen LogP contribution in [0.3, 0.4) is 0 Å². The molecule has 4 N–H and O–H groups in total. The van der Waals surface area contributed by atoms with E-state index in [9.17, 15) is 24.3 Å². The molecule has 4 unspecified atom stereocenters. The van der Waals surface area contributed by atoms with E-state index in [1.165, 1.54) is 89.9 Å². The van der Waals surface area contributed by atoms with Gasteiger partial charge < -0.3 is 20.1 Å². The molecular formula is C42H68N6O6. The maximum atomic E-state index is 13.3. The molecule has 3 saturated carbocycles. The molecule has 4 saturated heterocycles. The number of hydrogen-bond acceptors (Lipinski definition) is 10. The molecule has 0 spiro atoms. The van der Waals surface area contributed by atoms with E-state index in [0.29, 0.717) is 24.5 Å². The molecule has 0 aromatic carbocycles. The van der Waals surface area contributed by atoms with Gasteiger partial charge in [-0.3, -0.25) is 39.6 Å². The monoisotopic (exact) mass is 753 g/mol. The molecule has 12 nitrogen and oxygen atoms in total. The number of nitrogens with zero attached hydrogens (tertiary/aromatic N) is 3. The number of carbonyl (C=O) groups is 4. The Bertz CT molecular complexity index is 1340. The van der Waals surface area contributed by atoms with Gasteiger partial charge in [0.05, 0.1) is 18.4 Å². The van der Waals surface area contributed by atoms with Crippen LogP contribution in [0.4, 0.5) is 0 Å². The Labute approximate surface area is 322 Å². The van der Waals surface area contributed by atoms with Crippen molar-refractivity contribution in [1.29, 1.82) is 0 Å². The first-order valence-corrected chi connectivity index (χ1v) is 22.0. The average Bonchev–Trinajstić information content (AvgIpc) is 3.44. The van der Waals surface area contributed by atoms with E-state index in [-0.39, 0.29) is 42.8 Å². The maximum Gasteiger partial charge on any atom is 0.249 e. The van der Waals surface area contributed by atoms with Gasteiger partial charge in [-0.25, -0.2) is 0 Å². The van der Waals surface area contributed by atoms with Crippen LogP contribution in [0.25, 0.3) is 0 Å². The summed E-state index contributed by atoms with van der Waals surface area (Å²) in [5, 5.41) is 19.2. The Morgan fingerprint density at radius 1 is 0.759 bits per heavy atom. The van der Waals surface area contributed by atoms with Gasteiger partial charge in [0.15, 0.2) is 0 Å². The average molecular weight is 753 g/mol. The molecule has 4 aliphatic heterocycles. The molecule has 54 heavy (non-hydrogen) atoms. The fraction of sp³-hybridized carbons (Fsp3) is 0.857. The minimum Gasteiger partial charge on any atom is -0.393 e. The van der Waals surface area contributed by atoms with Crippen molar-refractivity contribution in [1.82, 2.24) is 30.7 Å². The lowest BCUT2D eigenvalue weighted by atomic mass is 9.68. The predicted octanol–water partition coefficient (Wildman–Crippen LogP) is 3.62. The molecule has 0 radical (unpaired) electrons. The third-order valence-electron chi connectivity index (χ3n) is 14.2. The lowest BCUT2D eigenvalue weighted by Gasteiger charge is -2.43. The molecule has 12 heteroatoms. The van der Waals surface area contributed by atoms with Crippen molar-refractivity contribution in [2.75, 3.05) is 45.9 Å². The minimum atomic E-state index is -0.921. The summed E-state index contributed by atoms with van der Waals surface area (Å²) in [6.07, 6.45) is 21.4. The molecule has 4 amide bonds. The number of aliphatic hydroxyl groups is 1. The number of piperidine rings is 1. The summed E-state index contributed by atoms with van der Waals surface area (Å²) in [4.78, 5) is 56.4. The van der Waals surface area contributed by atoms with Crippen LogP contribution in [-0.4, -0.2) is 126 Å². The number of imide groups is 2. The Morgan fingerprint density at radius 2 is 1.44 bits per heavy atom. The van der Waals surface area contributed by atoms with Crippen molar-refractivity contribution < 1.29 is 29.0 Å². The van der Waals surface area contributed by atoms with E-state index in [4.69, 9.17) is 4.74 Å². The maximum absolute atomic E-state index is 13.3. The van der Waals surface area contributed by atoms with Crippen molar-refractivity contribution in [3.63, 3.8) is 0 Å². The van der Waals surface area contributed by atoms with Gasteiger partial charge in [-0.2, -0.15) is 0 Å². The summed E-state index contributed by atoms with van der Waals surface area (Å²) in [5.74, 6) is 0.502. The quantitative estimate of drug-likeness (QED) is 0.125. The first-order chi connectivity index (χ1) is 26.3. The summed E-state index contributed by atoms with van der Waals surface area (Å²) in [5.41, 5.74) is 3.66. The summed E-state index contributed by atoms with van der Waals surface area (Å²) >= 11 is 0. The molecule has 4 heterocycles. The molecule has 0 aromatic rings. The van der Waals surface area contributed by atoms with Crippen LogP contribution in [-0.2, 0) is 23.9 Å². The van der Waals surface area contributed by atoms with E-state index in [2.05, 4.69) is 32.7 Å².